The number of ether oxygens (including phenoxy) is 1. The van der Waals surface area contributed by atoms with E-state index in [9.17, 15) is 9.59 Å². The molecule has 0 aliphatic heterocycles. The Bertz CT molecular complexity index is 1060. The number of benzene rings is 2. The highest BCUT2D eigenvalue weighted by Crippen LogP contribution is 2.28. The van der Waals surface area contributed by atoms with Crippen LogP contribution in [0.15, 0.2) is 51.7 Å². The summed E-state index contributed by atoms with van der Waals surface area (Å²) in [6.45, 7) is 3.79. The molecular weight excluding hydrogens is 318 g/mol. The van der Waals surface area contributed by atoms with Gasteiger partial charge in [0.05, 0.1) is 17.2 Å². The number of hydrogen-bond acceptors (Lipinski definition) is 5. The van der Waals surface area contributed by atoms with E-state index in [-0.39, 0.29) is 0 Å². The van der Waals surface area contributed by atoms with E-state index >= 15 is 0 Å². The molecule has 124 valence electrons. The third kappa shape index (κ3) is 3.29. The van der Waals surface area contributed by atoms with Crippen molar-refractivity contribution in [2.75, 3.05) is 0 Å². The van der Waals surface area contributed by atoms with Gasteiger partial charge in [0.15, 0.2) is 0 Å². The summed E-state index contributed by atoms with van der Waals surface area (Å²) in [5.41, 5.74) is 2.39. The number of carbonyl (C=O) groups is 1. The van der Waals surface area contributed by atoms with Crippen molar-refractivity contribution in [2.24, 2.45) is 0 Å². The fourth-order valence-corrected chi connectivity index (χ4v) is 2.60. The van der Waals surface area contributed by atoms with Gasteiger partial charge in [-0.2, -0.15) is 5.26 Å². The molecule has 0 aliphatic carbocycles. The monoisotopic (exact) mass is 333 g/mol. The third-order valence-corrected chi connectivity index (χ3v) is 3.97. The molecule has 3 rings (SSSR count). The van der Waals surface area contributed by atoms with Gasteiger partial charge in [-0.05, 0) is 54.8 Å². The lowest BCUT2D eigenvalue weighted by Gasteiger charge is -2.11. The number of aryl methyl sites for hydroxylation is 2. The summed E-state index contributed by atoms with van der Waals surface area (Å²) in [5, 5.41) is 9.63. The molecule has 0 atom stereocenters. The highest BCUT2D eigenvalue weighted by Gasteiger charge is 2.14. The zero-order valence-electron chi connectivity index (χ0n) is 13.8. The van der Waals surface area contributed by atoms with E-state index < -0.39 is 11.6 Å². The lowest BCUT2D eigenvalue weighted by molar-refractivity contribution is 0.0733. The number of nitrogens with zero attached hydrogens (tertiary/aromatic N) is 1. The van der Waals surface area contributed by atoms with Crippen LogP contribution < -0.4 is 10.4 Å². The number of rotatable bonds is 3. The smallest absolute Gasteiger partial charge is 0.343 e. The van der Waals surface area contributed by atoms with E-state index in [2.05, 4.69) is 0 Å². The van der Waals surface area contributed by atoms with Crippen LogP contribution in [0.2, 0.25) is 0 Å². The van der Waals surface area contributed by atoms with Crippen molar-refractivity contribution >= 4 is 16.9 Å². The second-order valence-electron chi connectivity index (χ2n) is 5.64. The fourth-order valence-electron chi connectivity index (χ4n) is 2.60. The molecule has 0 fully saturated rings. The maximum Gasteiger partial charge on any atom is 0.343 e. The normalized spacial score (nSPS) is 10.4. The first-order valence-corrected chi connectivity index (χ1v) is 7.81. The molecule has 2 aromatic carbocycles. The van der Waals surface area contributed by atoms with Gasteiger partial charge in [-0.1, -0.05) is 6.92 Å². The van der Waals surface area contributed by atoms with E-state index in [4.69, 9.17) is 14.4 Å². The second kappa shape index (κ2) is 6.62. The predicted molar refractivity (Wildman–Crippen MR) is 92.7 cm³/mol. The summed E-state index contributed by atoms with van der Waals surface area (Å²) in [4.78, 5) is 23.9. The topological polar surface area (TPSA) is 80.3 Å². The van der Waals surface area contributed by atoms with Gasteiger partial charge in [0, 0.05) is 17.5 Å². The van der Waals surface area contributed by atoms with Crippen LogP contribution in [0.4, 0.5) is 0 Å². The van der Waals surface area contributed by atoms with Crippen LogP contribution >= 0.6 is 0 Å². The molecule has 1 heterocycles. The Morgan fingerprint density at radius 2 is 1.92 bits per heavy atom. The summed E-state index contributed by atoms with van der Waals surface area (Å²) < 4.78 is 10.7. The predicted octanol–water partition coefficient (Wildman–Crippen LogP) is 3.75. The van der Waals surface area contributed by atoms with Crippen LogP contribution in [-0.2, 0) is 6.42 Å². The van der Waals surface area contributed by atoms with Crippen molar-refractivity contribution in [1.82, 2.24) is 0 Å². The molecule has 0 radical (unpaired) electrons. The molecule has 0 N–H and O–H groups in total. The Morgan fingerprint density at radius 3 is 2.56 bits per heavy atom. The number of esters is 1. The molecule has 0 spiro atoms. The van der Waals surface area contributed by atoms with Crippen LogP contribution in [-0.4, -0.2) is 5.97 Å². The van der Waals surface area contributed by atoms with Gasteiger partial charge in [-0.15, -0.1) is 0 Å². The minimum Gasteiger partial charge on any atom is -0.423 e. The fraction of sp³-hybridized carbons (Fsp3) is 0.150. The molecule has 25 heavy (non-hydrogen) atoms. The Labute approximate surface area is 144 Å². The molecule has 5 heteroatoms. The molecule has 0 saturated heterocycles. The molecule has 0 amide bonds. The first-order chi connectivity index (χ1) is 12.0. The molecule has 3 aromatic rings. The van der Waals surface area contributed by atoms with Crippen molar-refractivity contribution in [2.45, 2.75) is 20.3 Å². The zero-order chi connectivity index (χ0) is 18.0. The van der Waals surface area contributed by atoms with Crippen molar-refractivity contribution in [3.63, 3.8) is 0 Å². The highest BCUT2D eigenvalue weighted by molar-refractivity contribution is 5.92. The van der Waals surface area contributed by atoms with Crippen molar-refractivity contribution in [3.8, 4) is 11.8 Å². The third-order valence-electron chi connectivity index (χ3n) is 3.97. The number of fused-ring (bicyclic) bond motifs is 1. The standard InChI is InChI=1S/C20H15NO4/c1-3-14-9-16-12(2)8-19(22)24-18(16)10-17(14)25-20(23)15-6-4-13(11-21)5-7-15/h4-10H,3H2,1-2H3. The van der Waals surface area contributed by atoms with E-state index in [1.165, 1.54) is 18.2 Å². The SMILES string of the molecule is CCc1cc2c(C)cc(=O)oc2cc1OC(=O)c1ccc(C#N)cc1. The molecule has 0 bridgehead atoms. The molecule has 0 saturated carbocycles. The van der Waals surface area contributed by atoms with Crippen molar-refractivity contribution < 1.29 is 13.9 Å². The average Bonchev–Trinajstić information content (AvgIpc) is 2.61. The van der Waals surface area contributed by atoms with Crippen LogP contribution in [0.3, 0.4) is 0 Å². The van der Waals surface area contributed by atoms with Crippen molar-refractivity contribution in [3.05, 3.63) is 75.1 Å². The number of hydrogen-bond donors (Lipinski definition) is 0. The lowest BCUT2D eigenvalue weighted by atomic mass is 10.1. The van der Waals surface area contributed by atoms with E-state index in [1.807, 2.05) is 26.0 Å². The van der Waals surface area contributed by atoms with Gasteiger partial charge in [-0.3, -0.25) is 0 Å². The van der Waals surface area contributed by atoms with Gasteiger partial charge in [0.1, 0.15) is 11.3 Å². The van der Waals surface area contributed by atoms with Crippen LogP contribution in [0.5, 0.6) is 5.75 Å². The Morgan fingerprint density at radius 1 is 1.20 bits per heavy atom. The van der Waals surface area contributed by atoms with E-state index in [0.717, 1.165) is 16.5 Å². The summed E-state index contributed by atoms with van der Waals surface area (Å²) in [7, 11) is 0. The second-order valence-corrected chi connectivity index (χ2v) is 5.64. The summed E-state index contributed by atoms with van der Waals surface area (Å²) in [6, 6.07) is 13.1. The summed E-state index contributed by atoms with van der Waals surface area (Å²) in [5.74, 6) is -0.174. The zero-order valence-corrected chi connectivity index (χ0v) is 13.8. The first kappa shape index (κ1) is 16.5. The molecule has 0 aliphatic rings. The molecule has 1 aromatic heterocycles. The lowest BCUT2D eigenvalue weighted by Crippen LogP contribution is -2.10. The maximum atomic E-state index is 12.4. The largest absolute Gasteiger partial charge is 0.423 e. The van der Waals surface area contributed by atoms with E-state index in [1.54, 1.807) is 18.2 Å². The van der Waals surface area contributed by atoms with E-state index in [0.29, 0.717) is 28.9 Å². The number of carbonyl (C=O) groups excluding carboxylic acids is 1. The van der Waals surface area contributed by atoms with Crippen LogP contribution in [0.25, 0.3) is 11.0 Å². The molecular formula is C20H15NO4. The number of nitriles is 1. The van der Waals surface area contributed by atoms with Gasteiger partial charge in [0.25, 0.3) is 0 Å². The molecule has 0 unspecified atom stereocenters. The summed E-state index contributed by atoms with van der Waals surface area (Å²) in [6.07, 6.45) is 0.657. The quantitative estimate of drug-likeness (QED) is 0.414. The minimum atomic E-state index is -0.534. The Hall–Kier alpha value is -3.39. The summed E-state index contributed by atoms with van der Waals surface area (Å²) >= 11 is 0. The maximum absolute atomic E-state index is 12.4. The van der Waals surface area contributed by atoms with Crippen LogP contribution in [0.1, 0.15) is 34.0 Å². The van der Waals surface area contributed by atoms with Crippen molar-refractivity contribution in [1.29, 1.82) is 5.26 Å². The minimum absolute atomic E-state index is 0.340. The average molecular weight is 333 g/mol. The molecule has 5 nitrogen and oxygen atoms in total. The Kier molecular flexibility index (Phi) is 4.36. The van der Waals surface area contributed by atoms with Crippen LogP contribution in [0, 0.1) is 18.3 Å². The Balaban J connectivity index is 2.00. The van der Waals surface area contributed by atoms with Gasteiger partial charge < -0.3 is 9.15 Å². The van der Waals surface area contributed by atoms with Gasteiger partial charge in [-0.25, -0.2) is 9.59 Å². The van der Waals surface area contributed by atoms with Gasteiger partial charge in [0.2, 0.25) is 0 Å². The first-order valence-electron chi connectivity index (χ1n) is 7.81. The highest BCUT2D eigenvalue weighted by atomic mass is 16.5. The van der Waals surface area contributed by atoms with Gasteiger partial charge >= 0.3 is 11.6 Å².